The summed E-state index contributed by atoms with van der Waals surface area (Å²) in [5.74, 6) is -1.08. The Morgan fingerprint density at radius 2 is 1.58 bits per heavy atom. The van der Waals surface area contributed by atoms with Crippen LogP contribution in [0.5, 0.6) is 0 Å². The Hall–Kier alpha value is -1.88. The van der Waals surface area contributed by atoms with E-state index in [9.17, 15) is 9.59 Å². The fourth-order valence-corrected chi connectivity index (χ4v) is 2.28. The number of carbonyl (C=O) groups excluding carboxylic acids is 1. The Labute approximate surface area is 111 Å². The van der Waals surface area contributed by atoms with E-state index in [0.717, 1.165) is 0 Å². The average Bonchev–Trinajstić information content (AvgIpc) is 2.37. The summed E-state index contributed by atoms with van der Waals surface area (Å²) in [5, 5.41) is 8.82. The van der Waals surface area contributed by atoms with E-state index >= 15 is 0 Å². The zero-order valence-electron chi connectivity index (χ0n) is 11.0. The van der Waals surface area contributed by atoms with Crippen LogP contribution in [0.2, 0.25) is 0 Å². The Morgan fingerprint density at radius 3 is 2.05 bits per heavy atom. The zero-order valence-corrected chi connectivity index (χ0v) is 11.0. The molecule has 1 saturated heterocycles. The summed E-state index contributed by atoms with van der Waals surface area (Å²) in [6.45, 7) is 4.99. The van der Waals surface area contributed by atoms with Crippen LogP contribution in [0.1, 0.15) is 34.6 Å². The first kappa shape index (κ1) is 13.5. The van der Waals surface area contributed by atoms with Gasteiger partial charge in [-0.3, -0.25) is 4.79 Å². The Kier molecular flexibility index (Phi) is 3.85. The molecule has 0 saturated carbocycles. The molecule has 1 aromatic rings. The molecule has 2 atom stereocenters. The fourth-order valence-electron chi connectivity index (χ4n) is 2.28. The average molecular weight is 263 g/mol. The first-order valence-corrected chi connectivity index (χ1v) is 6.25. The van der Waals surface area contributed by atoms with Crippen molar-refractivity contribution in [3.63, 3.8) is 0 Å². The minimum absolute atomic E-state index is 0.0194. The standard InChI is InChI=1S/C14H17NO4/c1-9-7-15(8-10(2)19-9)13(16)11-3-5-12(6-4-11)14(17)18/h3-6,9-10H,7-8H2,1-2H3,(H,17,18). The number of hydrogen-bond acceptors (Lipinski definition) is 3. The van der Waals surface area contributed by atoms with E-state index in [1.165, 1.54) is 12.1 Å². The molecule has 5 heteroatoms. The van der Waals surface area contributed by atoms with Crippen LogP contribution >= 0.6 is 0 Å². The quantitative estimate of drug-likeness (QED) is 0.880. The number of hydrogen-bond donors (Lipinski definition) is 1. The van der Waals surface area contributed by atoms with E-state index in [0.29, 0.717) is 18.7 Å². The van der Waals surface area contributed by atoms with Gasteiger partial charge in [0.2, 0.25) is 0 Å². The van der Waals surface area contributed by atoms with Crippen LogP contribution in [0, 0.1) is 0 Å². The summed E-state index contributed by atoms with van der Waals surface area (Å²) in [6.07, 6.45) is 0.0389. The number of aromatic carboxylic acids is 1. The normalized spacial score (nSPS) is 23.2. The molecule has 102 valence electrons. The van der Waals surface area contributed by atoms with Crippen molar-refractivity contribution in [3.05, 3.63) is 35.4 Å². The third-order valence-corrected chi connectivity index (χ3v) is 3.09. The molecule has 0 spiro atoms. The zero-order chi connectivity index (χ0) is 14.0. The van der Waals surface area contributed by atoms with E-state index in [-0.39, 0.29) is 23.7 Å². The summed E-state index contributed by atoms with van der Waals surface area (Å²) in [5.41, 5.74) is 0.687. The third-order valence-electron chi connectivity index (χ3n) is 3.09. The highest BCUT2D eigenvalue weighted by Crippen LogP contribution is 2.15. The van der Waals surface area contributed by atoms with E-state index in [1.54, 1.807) is 17.0 Å². The van der Waals surface area contributed by atoms with E-state index in [4.69, 9.17) is 9.84 Å². The maximum atomic E-state index is 12.3. The molecule has 1 aliphatic heterocycles. The highest BCUT2D eigenvalue weighted by Gasteiger charge is 2.26. The van der Waals surface area contributed by atoms with Crippen LogP contribution in [0.15, 0.2) is 24.3 Å². The Morgan fingerprint density at radius 1 is 1.11 bits per heavy atom. The van der Waals surface area contributed by atoms with Crippen molar-refractivity contribution in [1.29, 1.82) is 0 Å². The van der Waals surface area contributed by atoms with E-state index < -0.39 is 5.97 Å². The molecular formula is C14H17NO4. The van der Waals surface area contributed by atoms with Gasteiger partial charge in [0.1, 0.15) is 0 Å². The lowest BCUT2D eigenvalue weighted by molar-refractivity contribution is -0.0586. The molecule has 0 aliphatic carbocycles. The summed E-state index contributed by atoms with van der Waals surface area (Å²) in [6, 6.07) is 6.00. The van der Waals surface area contributed by atoms with Gasteiger partial charge in [-0.15, -0.1) is 0 Å². The van der Waals surface area contributed by atoms with Crippen LogP contribution in [0.4, 0.5) is 0 Å². The summed E-state index contributed by atoms with van der Waals surface area (Å²) >= 11 is 0. The molecule has 19 heavy (non-hydrogen) atoms. The molecule has 1 aromatic carbocycles. The molecule has 2 rings (SSSR count). The van der Waals surface area contributed by atoms with Crippen molar-refractivity contribution in [2.24, 2.45) is 0 Å². The molecule has 1 aliphatic rings. The second-order valence-corrected chi connectivity index (χ2v) is 4.85. The second kappa shape index (κ2) is 5.40. The number of morpholine rings is 1. The van der Waals surface area contributed by atoms with Gasteiger partial charge in [-0.2, -0.15) is 0 Å². The van der Waals surface area contributed by atoms with Crippen molar-refractivity contribution >= 4 is 11.9 Å². The van der Waals surface area contributed by atoms with Crippen molar-refractivity contribution in [1.82, 2.24) is 4.90 Å². The molecule has 0 aromatic heterocycles. The number of carboxylic acid groups (broad SMARTS) is 1. The van der Waals surface area contributed by atoms with Crippen molar-refractivity contribution in [2.45, 2.75) is 26.1 Å². The number of rotatable bonds is 2. The number of nitrogens with zero attached hydrogens (tertiary/aromatic N) is 1. The third kappa shape index (κ3) is 3.12. The van der Waals surface area contributed by atoms with Crippen LogP contribution in [-0.2, 0) is 4.74 Å². The molecule has 1 N–H and O–H groups in total. The highest BCUT2D eigenvalue weighted by molar-refractivity contribution is 5.96. The van der Waals surface area contributed by atoms with E-state index in [1.807, 2.05) is 13.8 Å². The summed E-state index contributed by atoms with van der Waals surface area (Å²) in [4.78, 5) is 24.8. The SMILES string of the molecule is CC1CN(C(=O)c2ccc(C(=O)O)cc2)CC(C)O1. The first-order chi connectivity index (χ1) is 8.97. The summed E-state index contributed by atoms with van der Waals surface area (Å²) < 4.78 is 5.58. The number of ether oxygens (including phenoxy) is 1. The summed E-state index contributed by atoms with van der Waals surface area (Å²) in [7, 11) is 0. The van der Waals surface area contributed by atoms with Crippen LogP contribution in [0.25, 0.3) is 0 Å². The van der Waals surface area contributed by atoms with E-state index in [2.05, 4.69) is 0 Å². The molecule has 0 bridgehead atoms. The fraction of sp³-hybridized carbons (Fsp3) is 0.429. The van der Waals surface area contributed by atoms with Gasteiger partial charge in [-0.1, -0.05) is 0 Å². The second-order valence-electron chi connectivity index (χ2n) is 4.85. The molecule has 2 unspecified atom stereocenters. The molecule has 0 radical (unpaired) electrons. The van der Waals surface area contributed by atoms with Gasteiger partial charge in [-0.25, -0.2) is 4.79 Å². The minimum atomic E-state index is -0.993. The Bertz CT molecular complexity index is 473. The van der Waals surface area contributed by atoms with Crippen LogP contribution in [0.3, 0.4) is 0 Å². The minimum Gasteiger partial charge on any atom is -0.478 e. The van der Waals surface area contributed by atoms with Gasteiger partial charge in [0.25, 0.3) is 5.91 Å². The smallest absolute Gasteiger partial charge is 0.335 e. The van der Waals surface area contributed by atoms with Gasteiger partial charge in [-0.05, 0) is 38.1 Å². The monoisotopic (exact) mass is 263 g/mol. The van der Waals surface area contributed by atoms with Gasteiger partial charge in [0.15, 0.2) is 0 Å². The van der Waals surface area contributed by atoms with Gasteiger partial charge in [0, 0.05) is 18.7 Å². The lowest BCUT2D eigenvalue weighted by Crippen LogP contribution is -2.48. The maximum absolute atomic E-state index is 12.3. The van der Waals surface area contributed by atoms with Crippen molar-refractivity contribution < 1.29 is 19.4 Å². The van der Waals surface area contributed by atoms with Crippen LogP contribution < -0.4 is 0 Å². The molecular weight excluding hydrogens is 246 g/mol. The number of benzene rings is 1. The highest BCUT2D eigenvalue weighted by atomic mass is 16.5. The lowest BCUT2D eigenvalue weighted by Gasteiger charge is -2.35. The van der Waals surface area contributed by atoms with Crippen molar-refractivity contribution in [3.8, 4) is 0 Å². The predicted octanol–water partition coefficient (Wildman–Crippen LogP) is 1.63. The molecule has 5 nitrogen and oxygen atoms in total. The maximum Gasteiger partial charge on any atom is 0.335 e. The predicted molar refractivity (Wildman–Crippen MR) is 69.3 cm³/mol. The molecule has 1 heterocycles. The first-order valence-electron chi connectivity index (χ1n) is 6.25. The molecule has 1 amide bonds. The van der Waals surface area contributed by atoms with Crippen LogP contribution in [-0.4, -0.2) is 47.2 Å². The molecule has 1 fully saturated rings. The number of carboxylic acids is 1. The largest absolute Gasteiger partial charge is 0.478 e. The Balaban J connectivity index is 2.12. The topological polar surface area (TPSA) is 66.8 Å². The van der Waals surface area contributed by atoms with Gasteiger partial charge < -0.3 is 14.7 Å². The lowest BCUT2D eigenvalue weighted by atomic mass is 10.1. The van der Waals surface area contributed by atoms with Gasteiger partial charge >= 0.3 is 5.97 Å². The van der Waals surface area contributed by atoms with Gasteiger partial charge in [0.05, 0.1) is 17.8 Å². The van der Waals surface area contributed by atoms with Crippen molar-refractivity contribution in [2.75, 3.05) is 13.1 Å². The number of amides is 1. The number of carbonyl (C=O) groups is 2.